The van der Waals surface area contributed by atoms with Crippen LogP contribution in [0, 0.1) is 0 Å². The van der Waals surface area contributed by atoms with Gasteiger partial charge in [-0.1, -0.05) is 33.7 Å². The van der Waals surface area contributed by atoms with Crippen LogP contribution in [-0.4, -0.2) is 55.2 Å². The molecule has 2 fully saturated rings. The summed E-state index contributed by atoms with van der Waals surface area (Å²) in [5.41, 5.74) is 1.33. The van der Waals surface area contributed by atoms with Gasteiger partial charge in [0.05, 0.1) is 13.2 Å². The highest BCUT2D eigenvalue weighted by Gasteiger charge is 2.19. The Morgan fingerprint density at radius 1 is 1.38 bits per heavy atom. The van der Waals surface area contributed by atoms with Gasteiger partial charge in [0.2, 0.25) is 0 Å². The number of nitrogens with zero attached hydrogens (tertiary/aromatic N) is 1. The van der Waals surface area contributed by atoms with Gasteiger partial charge in [0, 0.05) is 30.6 Å². The molecule has 1 N–H and O–H groups in total. The summed E-state index contributed by atoms with van der Waals surface area (Å²) >= 11 is 5.31. The third-order valence-corrected chi connectivity index (χ3v) is 7.22. The van der Waals surface area contributed by atoms with Gasteiger partial charge in [0.1, 0.15) is 5.75 Å². The van der Waals surface area contributed by atoms with Gasteiger partial charge in [-0.25, -0.2) is 0 Å². The van der Waals surface area contributed by atoms with Crippen molar-refractivity contribution >= 4 is 39.0 Å². The number of thiocarbonyl (C=S) groups is 1. The molecule has 3 rings (SSSR count). The molecule has 0 aromatic heterocycles. The van der Waals surface area contributed by atoms with Crippen molar-refractivity contribution in [2.75, 3.05) is 45.1 Å². The largest absolute Gasteiger partial charge is 0.432 e. The molecule has 0 aliphatic carbocycles. The Hall–Kier alpha value is -0.470. The average molecular weight is 385 g/mol. The zero-order valence-electron chi connectivity index (χ0n) is 13.7. The molecule has 0 amide bonds. The summed E-state index contributed by atoms with van der Waals surface area (Å²) in [5, 5.41) is 4.24. The van der Waals surface area contributed by atoms with E-state index in [0.717, 1.165) is 51.6 Å². The zero-order valence-corrected chi connectivity index (χ0v) is 16.2. The monoisotopic (exact) mass is 384 g/mol. The number of rotatable bonds is 6. The van der Waals surface area contributed by atoms with Crippen molar-refractivity contribution in [3.8, 4) is 5.75 Å². The molecule has 2 saturated heterocycles. The molecule has 1 unspecified atom stereocenters. The minimum absolute atomic E-state index is 0.461. The fourth-order valence-electron chi connectivity index (χ4n) is 2.80. The van der Waals surface area contributed by atoms with Gasteiger partial charge in [-0.3, -0.25) is 4.90 Å². The molecule has 1 aromatic carbocycles. The number of hydrogen-bond acceptors (Lipinski definition) is 6. The summed E-state index contributed by atoms with van der Waals surface area (Å²) in [7, 11) is 3.90. The second-order valence-electron chi connectivity index (χ2n) is 5.89. The van der Waals surface area contributed by atoms with Gasteiger partial charge in [0.15, 0.2) is 0 Å². The SMILES string of the molecule is S=C(NCCCN1CCOCC1)Oc1cccc(C2CCSS2)c1. The summed E-state index contributed by atoms with van der Waals surface area (Å²) < 4.78 is 11.1. The molecule has 0 spiro atoms. The lowest BCUT2D eigenvalue weighted by Crippen LogP contribution is -2.38. The van der Waals surface area contributed by atoms with Crippen LogP contribution >= 0.6 is 33.8 Å². The van der Waals surface area contributed by atoms with E-state index in [0.29, 0.717) is 10.4 Å². The molecule has 4 nitrogen and oxygen atoms in total. The molecule has 132 valence electrons. The summed E-state index contributed by atoms with van der Waals surface area (Å²) in [6, 6.07) is 8.31. The van der Waals surface area contributed by atoms with Crippen LogP contribution in [0.25, 0.3) is 0 Å². The molecule has 0 radical (unpaired) electrons. The van der Waals surface area contributed by atoms with Crippen LogP contribution in [0.5, 0.6) is 5.75 Å². The molecule has 2 aliphatic heterocycles. The Bertz CT molecular complexity index is 532. The first-order valence-electron chi connectivity index (χ1n) is 8.45. The van der Waals surface area contributed by atoms with Crippen molar-refractivity contribution in [2.45, 2.75) is 18.1 Å². The van der Waals surface area contributed by atoms with Crippen molar-refractivity contribution in [3.63, 3.8) is 0 Å². The van der Waals surface area contributed by atoms with Crippen molar-refractivity contribution in [1.82, 2.24) is 10.2 Å². The summed E-state index contributed by atoms with van der Waals surface area (Å²) in [6.07, 6.45) is 2.28. The molecular weight excluding hydrogens is 360 g/mol. The van der Waals surface area contributed by atoms with Crippen LogP contribution in [0.15, 0.2) is 24.3 Å². The Morgan fingerprint density at radius 2 is 2.25 bits per heavy atom. The zero-order chi connectivity index (χ0) is 16.6. The smallest absolute Gasteiger partial charge is 0.262 e. The highest BCUT2D eigenvalue weighted by Crippen LogP contribution is 2.48. The molecule has 1 atom stereocenters. The molecule has 0 bridgehead atoms. The molecular formula is C17H24N2O2S3. The van der Waals surface area contributed by atoms with E-state index in [4.69, 9.17) is 21.7 Å². The second kappa shape index (κ2) is 9.87. The van der Waals surface area contributed by atoms with Crippen molar-refractivity contribution in [1.29, 1.82) is 0 Å². The summed E-state index contributed by atoms with van der Waals surface area (Å²) in [6.45, 7) is 5.68. The highest BCUT2D eigenvalue weighted by molar-refractivity contribution is 8.77. The average Bonchev–Trinajstić information content (AvgIpc) is 3.15. The fraction of sp³-hybridized carbons (Fsp3) is 0.588. The van der Waals surface area contributed by atoms with E-state index in [2.05, 4.69) is 28.4 Å². The van der Waals surface area contributed by atoms with Gasteiger partial charge in [-0.05, 0) is 49.3 Å². The lowest BCUT2D eigenvalue weighted by molar-refractivity contribution is 0.0375. The lowest BCUT2D eigenvalue weighted by atomic mass is 10.1. The van der Waals surface area contributed by atoms with Crippen molar-refractivity contribution < 1.29 is 9.47 Å². The van der Waals surface area contributed by atoms with Gasteiger partial charge in [-0.15, -0.1) is 0 Å². The fourth-order valence-corrected chi connectivity index (χ4v) is 5.90. The van der Waals surface area contributed by atoms with E-state index in [-0.39, 0.29) is 0 Å². The van der Waals surface area contributed by atoms with E-state index in [1.807, 2.05) is 27.7 Å². The van der Waals surface area contributed by atoms with Crippen LogP contribution in [0.3, 0.4) is 0 Å². The molecule has 24 heavy (non-hydrogen) atoms. The van der Waals surface area contributed by atoms with Crippen LogP contribution in [-0.2, 0) is 4.74 Å². The predicted molar refractivity (Wildman–Crippen MR) is 107 cm³/mol. The molecule has 2 heterocycles. The first-order valence-corrected chi connectivity index (χ1v) is 11.2. The lowest BCUT2D eigenvalue weighted by Gasteiger charge is -2.26. The predicted octanol–water partition coefficient (Wildman–Crippen LogP) is 3.49. The van der Waals surface area contributed by atoms with Gasteiger partial charge >= 0.3 is 0 Å². The molecule has 7 heteroatoms. The second-order valence-corrected chi connectivity index (χ2v) is 8.95. The number of hydrogen-bond donors (Lipinski definition) is 1. The highest BCUT2D eigenvalue weighted by atomic mass is 33.1. The van der Waals surface area contributed by atoms with Crippen LogP contribution in [0.4, 0.5) is 0 Å². The third-order valence-electron chi connectivity index (χ3n) is 4.11. The maximum atomic E-state index is 5.78. The first kappa shape index (κ1) is 18.3. The number of ether oxygens (including phenoxy) is 2. The van der Waals surface area contributed by atoms with Gasteiger partial charge in [-0.2, -0.15) is 0 Å². The minimum Gasteiger partial charge on any atom is -0.432 e. The third kappa shape index (κ3) is 5.81. The van der Waals surface area contributed by atoms with Crippen molar-refractivity contribution in [2.24, 2.45) is 0 Å². The Balaban J connectivity index is 1.37. The Labute approximate surface area is 157 Å². The van der Waals surface area contributed by atoms with E-state index in [1.165, 1.54) is 17.7 Å². The standard InChI is InChI=1S/C17H24N2O2S3/c22-17(18-6-2-7-19-8-10-20-11-9-19)21-15-4-1-3-14(13-15)16-5-12-23-24-16/h1,3-4,13,16H,2,5-12H2,(H,18,22). The molecule has 1 aromatic rings. The van der Waals surface area contributed by atoms with Gasteiger partial charge in [0.25, 0.3) is 5.17 Å². The maximum absolute atomic E-state index is 5.78. The van der Waals surface area contributed by atoms with E-state index >= 15 is 0 Å². The normalized spacial score (nSPS) is 21.6. The number of benzene rings is 1. The summed E-state index contributed by atoms with van der Waals surface area (Å²) in [5.74, 6) is 2.06. The number of nitrogens with one attached hydrogen (secondary N) is 1. The molecule has 0 saturated carbocycles. The maximum Gasteiger partial charge on any atom is 0.262 e. The Morgan fingerprint density at radius 3 is 3.04 bits per heavy atom. The summed E-state index contributed by atoms with van der Waals surface area (Å²) in [4.78, 5) is 2.43. The van der Waals surface area contributed by atoms with Crippen LogP contribution in [0.2, 0.25) is 0 Å². The minimum atomic E-state index is 0.461. The topological polar surface area (TPSA) is 33.7 Å². The van der Waals surface area contributed by atoms with Gasteiger partial charge < -0.3 is 14.8 Å². The number of morpholine rings is 1. The van der Waals surface area contributed by atoms with Crippen molar-refractivity contribution in [3.05, 3.63) is 29.8 Å². The Kier molecular flexibility index (Phi) is 7.54. The van der Waals surface area contributed by atoms with E-state index < -0.39 is 0 Å². The molecule has 2 aliphatic rings. The van der Waals surface area contributed by atoms with E-state index in [1.54, 1.807) is 0 Å². The quantitative estimate of drug-likeness (QED) is 0.457. The van der Waals surface area contributed by atoms with Crippen LogP contribution < -0.4 is 10.1 Å². The van der Waals surface area contributed by atoms with E-state index in [9.17, 15) is 0 Å². The first-order chi connectivity index (χ1) is 11.8. The van der Waals surface area contributed by atoms with Crippen LogP contribution in [0.1, 0.15) is 23.7 Å².